The second-order valence-corrected chi connectivity index (χ2v) is 4.45. The molecule has 8 nitrogen and oxygen atoms in total. The summed E-state index contributed by atoms with van der Waals surface area (Å²) < 4.78 is 41.4. The summed E-state index contributed by atoms with van der Waals surface area (Å²) in [6.07, 6.45) is -4.73. The Morgan fingerprint density at radius 1 is 1.29 bits per heavy atom. The van der Waals surface area contributed by atoms with Crippen LogP contribution in [0.1, 0.15) is 11.5 Å². The van der Waals surface area contributed by atoms with Crippen LogP contribution in [0, 0.1) is 0 Å². The Morgan fingerprint density at radius 2 is 1.92 bits per heavy atom. The molecule has 1 amide bonds. The third kappa shape index (κ3) is 3.87. The third-order valence-corrected chi connectivity index (χ3v) is 2.84. The molecule has 2 aromatic rings. The van der Waals surface area contributed by atoms with E-state index in [9.17, 15) is 22.8 Å². The van der Waals surface area contributed by atoms with Crippen molar-refractivity contribution in [1.29, 1.82) is 0 Å². The second-order valence-electron chi connectivity index (χ2n) is 4.45. The van der Waals surface area contributed by atoms with Crippen LogP contribution in [-0.4, -0.2) is 39.3 Å². The lowest BCUT2D eigenvalue weighted by molar-refractivity contribution is -0.188. The van der Waals surface area contributed by atoms with E-state index in [0.717, 1.165) is 7.11 Å². The van der Waals surface area contributed by atoms with Crippen LogP contribution < -0.4 is 0 Å². The molecule has 1 heterocycles. The molecule has 0 radical (unpaired) electrons. The third-order valence-electron chi connectivity index (χ3n) is 2.84. The van der Waals surface area contributed by atoms with Crippen LogP contribution in [0.5, 0.6) is 0 Å². The molecule has 0 fully saturated rings. The first-order valence-corrected chi connectivity index (χ1v) is 6.31. The van der Waals surface area contributed by atoms with Crippen LogP contribution >= 0.6 is 0 Å². The monoisotopic (exact) mass is 345 g/mol. The summed E-state index contributed by atoms with van der Waals surface area (Å²) >= 11 is 0. The van der Waals surface area contributed by atoms with Gasteiger partial charge in [-0.05, 0) is 5.56 Å². The molecule has 0 aliphatic carbocycles. The Balaban J connectivity index is 2.14. The molecule has 1 N–H and O–H groups in total. The van der Waals surface area contributed by atoms with Gasteiger partial charge < -0.3 is 9.63 Å². The zero-order chi connectivity index (χ0) is 17.9. The number of carboxylic acid groups (broad SMARTS) is 1. The molecule has 0 saturated heterocycles. The highest BCUT2D eigenvalue weighted by molar-refractivity contribution is 6.31. The van der Waals surface area contributed by atoms with E-state index >= 15 is 0 Å². The van der Waals surface area contributed by atoms with Crippen LogP contribution in [0.25, 0.3) is 11.4 Å². The minimum atomic E-state index is -4.73. The van der Waals surface area contributed by atoms with Crippen molar-refractivity contribution in [3.05, 3.63) is 35.7 Å². The number of rotatable bonds is 4. The van der Waals surface area contributed by atoms with Gasteiger partial charge in [0.15, 0.2) is 0 Å². The fourth-order valence-corrected chi connectivity index (χ4v) is 1.71. The van der Waals surface area contributed by atoms with Crippen LogP contribution in [0.15, 0.2) is 28.8 Å². The van der Waals surface area contributed by atoms with Crippen LogP contribution in [0.4, 0.5) is 13.2 Å². The molecule has 1 aromatic carbocycles. The summed E-state index contributed by atoms with van der Waals surface area (Å²) in [5, 5.41) is 12.5. The smallest absolute Gasteiger partial charge is 0.471 e. The van der Waals surface area contributed by atoms with E-state index in [-0.39, 0.29) is 17.9 Å². The number of benzene rings is 1. The number of hydrogen-bond acceptors (Lipinski definition) is 6. The molecule has 0 aliphatic rings. The minimum Gasteiger partial charge on any atom is -0.474 e. The SMILES string of the molecule is CON(Cc1ccc(-c2noc(C(F)(F)F)n2)cc1)C(=O)C(=O)O. The standard InChI is InChI=1S/C13H10F3N3O5/c1-23-19(10(20)11(21)22)6-7-2-4-8(5-3-7)9-17-12(24-18-9)13(14,15)16/h2-5H,6H2,1H3,(H,21,22). The number of carboxylic acids is 1. The van der Waals surface area contributed by atoms with Crippen LogP contribution in [-0.2, 0) is 27.1 Å². The molecule has 0 atom stereocenters. The number of hydrogen-bond donors (Lipinski definition) is 1. The van der Waals surface area contributed by atoms with Gasteiger partial charge >= 0.3 is 23.9 Å². The molecule has 11 heteroatoms. The van der Waals surface area contributed by atoms with Gasteiger partial charge in [-0.15, -0.1) is 0 Å². The van der Waals surface area contributed by atoms with Crippen molar-refractivity contribution in [2.75, 3.05) is 7.11 Å². The maximum Gasteiger partial charge on any atom is 0.471 e. The molecule has 2 rings (SSSR count). The highest BCUT2D eigenvalue weighted by Gasteiger charge is 2.38. The average Bonchev–Trinajstić information content (AvgIpc) is 3.02. The summed E-state index contributed by atoms with van der Waals surface area (Å²) in [5.41, 5.74) is 0.737. The number of aliphatic carboxylic acids is 1. The van der Waals surface area contributed by atoms with E-state index in [4.69, 9.17) is 5.11 Å². The maximum atomic E-state index is 12.4. The van der Waals surface area contributed by atoms with Crippen LogP contribution in [0.2, 0.25) is 0 Å². The molecular formula is C13H10F3N3O5. The van der Waals surface area contributed by atoms with Gasteiger partial charge in [-0.1, -0.05) is 29.4 Å². The van der Waals surface area contributed by atoms with Crippen molar-refractivity contribution < 1.29 is 37.2 Å². The fourth-order valence-electron chi connectivity index (χ4n) is 1.71. The Hall–Kier alpha value is -2.95. The van der Waals surface area contributed by atoms with Gasteiger partial charge in [0.25, 0.3) is 0 Å². The number of carbonyl (C=O) groups excluding carboxylic acids is 1. The first kappa shape index (κ1) is 17.4. The maximum absolute atomic E-state index is 12.4. The molecule has 128 valence electrons. The van der Waals surface area contributed by atoms with Crippen molar-refractivity contribution in [2.45, 2.75) is 12.7 Å². The van der Waals surface area contributed by atoms with E-state index in [1.807, 2.05) is 0 Å². The first-order valence-electron chi connectivity index (χ1n) is 6.31. The zero-order valence-electron chi connectivity index (χ0n) is 12.1. The predicted octanol–water partition coefficient (Wildman–Crippen LogP) is 1.73. The van der Waals surface area contributed by atoms with Gasteiger partial charge in [0.1, 0.15) is 0 Å². The van der Waals surface area contributed by atoms with E-state index < -0.39 is 23.9 Å². The van der Waals surface area contributed by atoms with E-state index in [2.05, 4.69) is 19.5 Å². The summed E-state index contributed by atoms with van der Waals surface area (Å²) in [6, 6.07) is 5.72. The normalized spacial score (nSPS) is 11.3. The van der Waals surface area contributed by atoms with E-state index in [0.29, 0.717) is 10.6 Å². The number of aromatic nitrogens is 2. The summed E-state index contributed by atoms with van der Waals surface area (Å²) in [7, 11) is 1.13. The van der Waals surface area contributed by atoms with E-state index in [1.54, 1.807) is 0 Å². The molecule has 0 bridgehead atoms. The summed E-state index contributed by atoms with van der Waals surface area (Å²) in [5.74, 6) is -4.65. The molecule has 0 unspecified atom stereocenters. The molecule has 1 aromatic heterocycles. The number of carbonyl (C=O) groups is 2. The number of nitrogens with zero attached hydrogens (tertiary/aromatic N) is 3. The molecule has 0 saturated carbocycles. The number of alkyl halides is 3. The lowest BCUT2D eigenvalue weighted by atomic mass is 10.1. The predicted molar refractivity (Wildman–Crippen MR) is 69.9 cm³/mol. The Kier molecular flexibility index (Phi) is 4.83. The Bertz CT molecular complexity index is 742. The molecule has 0 spiro atoms. The molecule has 24 heavy (non-hydrogen) atoms. The van der Waals surface area contributed by atoms with Crippen LogP contribution in [0.3, 0.4) is 0 Å². The van der Waals surface area contributed by atoms with Gasteiger partial charge in [-0.2, -0.15) is 18.2 Å². The highest BCUT2D eigenvalue weighted by atomic mass is 19.4. The quantitative estimate of drug-likeness (QED) is 0.664. The first-order chi connectivity index (χ1) is 11.2. The van der Waals surface area contributed by atoms with Crippen molar-refractivity contribution in [1.82, 2.24) is 15.2 Å². The topological polar surface area (TPSA) is 106 Å². The van der Waals surface area contributed by atoms with Crippen molar-refractivity contribution in [3.63, 3.8) is 0 Å². The fraction of sp³-hybridized carbons (Fsp3) is 0.231. The zero-order valence-corrected chi connectivity index (χ0v) is 12.1. The highest BCUT2D eigenvalue weighted by Crippen LogP contribution is 2.29. The second kappa shape index (κ2) is 6.66. The molecular weight excluding hydrogens is 335 g/mol. The van der Waals surface area contributed by atoms with Gasteiger partial charge in [-0.3, -0.25) is 9.63 Å². The van der Waals surface area contributed by atoms with Gasteiger partial charge in [0.05, 0.1) is 13.7 Å². The summed E-state index contributed by atoms with van der Waals surface area (Å²) in [6.45, 7) is -0.165. The number of hydroxylamine groups is 2. The lowest BCUT2D eigenvalue weighted by Crippen LogP contribution is -2.35. The largest absolute Gasteiger partial charge is 0.474 e. The van der Waals surface area contributed by atoms with Crippen molar-refractivity contribution in [3.8, 4) is 11.4 Å². The minimum absolute atomic E-state index is 0.165. The molecule has 0 aliphatic heterocycles. The Labute approximate surface area is 132 Å². The number of halogens is 3. The average molecular weight is 345 g/mol. The Morgan fingerprint density at radius 3 is 2.38 bits per heavy atom. The van der Waals surface area contributed by atoms with Gasteiger partial charge in [-0.25, -0.2) is 9.86 Å². The van der Waals surface area contributed by atoms with Crippen molar-refractivity contribution in [2.24, 2.45) is 0 Å². The van der Waals surface area contributed by atoms with Crippen molar-refractivity contribution >= 4 is 11.9 Å². The summed E-state index contributed by atoms with van der Waals surface area (Å²) in [4.78, 5) is 29.9. The van der Waals surface area contributed by atoms with E-state index in [1.165, 1.54) is 24.3 Å². The van der Waals surface area contributed by atoms with Gasteiger partial charge in [0, 0.05) is 5.56 Å². The lowest BCUT2D eigenvalue weighted by Gasteiger charge is -2.17. The van der Waals surface area contributed by atoms with Gasteiger partial charge in [0.2, 0.25) is 5.82 Å². The number of amides is 1.